The first-order chi connectivity index (χ1) is 12.0. The number of likely N-dealkylation sites (N-methyl/N-ethyl adjacent to an activating group) is 1. The standard InChI is InChI=1S/C20H26FN3S/c1-4-24(5-2)19(16-9-7-6-8-10-16)14-22-20(25)23-17-12-11-15(3)18(21)13-17/h6-13,19H,4-5,14H2,1-3H3,(H2,22,23,25)/t19-/m1/s1. The third-order valence-electron chi connectivity index (χ3n) is 4.32. The van der Waals surface area contributed by atoms with E-state index in [1.807, 2.05) is 12.1 Å². The number of nitrogens with zero attached hydrogens (tertiary/aromatic N) is 1. The Morgan fingerprint density at radius 2 is 1.80 bits per heavy atom. The lowest BCUT2D eigenvalue weighted by Crippen LogP contribution is -2.39. The number of nitrogens with one attached hydrogen (secondary N) is 2. The van der Waals surface area contributed by atoms with E-state index in [0.29, 0.717) is 22.9 Å². The fraction of sp³-hybridized carbons (Fsp3) is 0.350. The quantitative estimate of drug-likeness (QED) is 0.712. The van der Waals surface area contributed by atoms with E-state index in [9.17, 15) is 4.39 Å². The molecule has 1 atom stereocenters. The van der Waals surface area contributed by atoms with Crippen molar-refractivity contribution in [1.29, 1.82) is 0 Å². The number of hydrogen-bond acceptors (Lipinski definition) is 2. The SMILES string of the molecule is CCN(CC)[C@H](CNC(=S)Nc1ccc(C)c(F)c1)c1ccccc1. The highest BCUT2D eigenvalue weighted by molar-refractivity contribution is 7.80. The van der Waals surface area contributed by atoms with Gasteiger partial charge in [0.25, 0.3) is 0 Å². The van der Waals surface area contributed by atoms with Crippen LogP contribution in [0.3, 0.4) is 0 Å². The maximum atomic E-state index is 13.7. The molecule has 0 spiro atoms. The normalized spacial score (nSPS) is 12.0. The fourth-order valence-electron chi connectivity index (χ4n) is 2.83. The van der Waals surface area contributed by atoms with Crippen molar-refractivity contribution in [1.82, 2.24) is 10.2 Å². The van der Waals surface area contributed by atoms with E-state index in [2.05, 4.69) is 53.6 Å². The Balaban J connectivity index is 2.01. The van der Waals surface area contributed by atoms with Gasteiger partial charge in [-0.2, -0.15) is 0 Å². The van der Waals surface area contributed by atoms with Gasteiger partial charge in [0.1, 0.15) is 5.82 Å². The number of aryl methyl sites for hydroxylation is 1. The maximum Gasteiger partial charge on any atom is 0.170 e. The summed E-state index contributed by atoms with van der Waals surface area (Å²) in [4.78, 5) is 2.39. The second kappa shape index (κ2) is 9.49. The van der Waals surface area contributed by atoms with Gasteiger partial charge in [0.15, 0.2) is 5.11 Å². The van der Waals surface area contributed by atoms with Crippen molar-refractivity contribution in [2.45, 2.75) is 26.8 Å². The number of benzene rings is 2. The summed E-state index contributed by atoms with van der Waals surface area (Å²) in [5.41, 5.74) is 2.53. The van der Waals surface area contributed by atoms with E-state index in [4.69, 9.17) is 12.2 Å². The van der Waals surface area contributed by atoms with Crippen molar-refractivity contribution in [3.8, 4) is 0 Å². The van der Waals surface area contributed by atoms with Crippen LogP contribution in [0.5, 0.6) is 0 Å². The van der Waals surface area contributed by atoms with Crippen LogP contribution in [0.4, 0.5) is 10.1 Å². The predicted octanol–water partition coefficient (Wildman–Crippen LogP) is 4.50. The van der Waals surface area contributed by atoms with Gasteiger partial charge in [-0.15, -0.1) is 0 Å². The van der Waals surface area contributed by atoms with Crippen LogP contribution in [0.2, 0.25) is 0 Å². The lowest BCUT2D eigenvalue weighted by Gasteiger charge is -2.30. The van der Waals surface area contributed by atoms with Crippen molar-refractivity contribution < 1.29 is 4.39 Å². The van der Waals surface area contributed by atoms with Gasteiger partial charge in [-0.25, -0.2) is 4.39 Å². The monoisotopic (exact) mass is 359 g/mol. The highest BCUT2D eigenvalue weighted by atomic mass is 32.1. The summed E-state index contributed by atoms with van der Waals surface area (Å²) in [6, 6.07) is 15.7. The third kappa shape index (κ3) is 5.51. The van der Waals surface area contributed by atoms with Gasteiger partial charge in [-0.3, -0.25) is 4.90 Å². The van der Waals surface area contributed by atoms with Crippen molar-refractivity contribution in [3.63, 3.8) is 0 Å². The summed E-state index contributed by atoms with van der Waals surface area (Å²) >= 11 is 5.38. The van der Waals surface area contributed by atoms with Crippen LogP contribution in [0.1, 0.15) is 31.0 Å². The molecule has 25 heavy (non-hydrogen) atoms. The minimum atomic E-state index is -0.238. The molecule has 0 saturated carbocycles. The molecule has 0 aliphatic heterocycles. The Hall–Kier alpha value is -1.98. The molecule has 134 valence electrons. The Bertz CT molecular complexity index is 687. The molecule has 2 N–H and O–H groups in total. The first-order valence-electron chi connectivity index (χ1n) is 8.65. The summed E-state index contributed by atoms with van der Waals surface area (Å²) in [6.07, 6.45) is 0. The van der Waals surface area contributed by atoms with Crippen LogP contribution in [0, 0.1) is 12.7 Å². The molecule has 5 heteroatoms. The van der Waals surface area contributed by atoms with Gasteiger partial charge in [0, 0.05) is 12.2 Å². The van der Waals surface area contributed by atoms with Gasteiger partial charge in [-0.1, -0.05) is 50.2 Å². The average Bonchev–Trinajstić information content (AvgIpc) is 2.62. The van der Waals surface area contributed by atoms with Crippen LogP contribution >= 0.6 is 12.2 Å². The maximum absolute atomic E-state index is 13.7. The lowest BCUT2D eigenvalue weighted by molar-refractivity contribution is 0.219. The molecule has 2 aromatic rings. The molecule has 0 aromatic heterocycles. The van der Waals surface area contributed by atoms with Crippen LogP contribution in [-0.4, -0.2) is 29.6 Å². The third-order valence-corrected chi connectivity index (χ3v) is 4.57. The van der Waals surface area contributed by atoms with Crippen molar-refractivity contribution >= 4 is 23.0 Å². The van der Waals surface area contributed by atoms with Crippen molar-refractivity contribution in [3.05, 3.63) is 65.5 Å². The van der Waals surface area contributed by atoms with E-state index < -0.39 is 0 Å². The minimum absolute atomic E-state index is 0.228. The fourth-order valence-corrected chi connectivity index (χ4v) is 3.03. The van der Waals surface area contributed by atoms with Crippen LogP contribution in [0.25, 0.3) is 0 Å². The molecule has 0 heterocycles. The van der Waals surface area contributed by atoms with Gasteiger partial charge >= 0.3 is 0 Å². The zero-order chi connectivity index (χ0) is 18.2. The second-order valence-electron chi connectivity index (χ2n) is 5.95. The smallest absolute Gasteiger partial charge is 0.170 e. The topological polar surface area (TPSA) is 27.3 Å². The molecule has 0 aliphatic rings. The van der Waals surface area contributed by atoms with Crippen molar-refractivity contribution in [2.24, 2.45) is 0 Å². The predicted molar refractivity (Wildman–Crippen MR) is 107 cm³/mol. The Morgan fingerprint density at radius 3 is 2.40 bits per heavy atom. The Kier molecular flexibility index (Phi) is 7.34. The van der Waals surface area contributed by atoms with Gasteiger partial charge in [0.2, 0.25) is 0 Å². The molecule has 3 nitrogen and oxygen atoms in total. The largest absolute Gasteiger partial charge is 0.361 e. The molecule has 0 aliphatic carbocycles. The zero-order valence-corrected chi connectivity index (χ0v) is 15.9. The number of thiocarbonyl (C=S) groups is 1. The van der Waals surface area contributed by atoms with E-state index in [0.717, 1.165) is 13.1 Å². The molecule has 2 aromatic carbocycles. The molecular weight excluding hydrogens is 333 g/mol. The number of rotatable bonds is 7. The highest BCUT2D eigenvalue weighted by Gasteiger charge is 2.17. The molecule has 0 fully saturated rings. The van der Waals surface area contributed by atoms with E-state index in [1.165, 1.54) is 11.6 Å². The summed E-state index contributed by atoms with van der Waals surface area (Å²) in [6.45, 7) is 8.66. The molecule has 0 saturated heterocycles. The minimum Gasteiger partial charge on any atom is -0.361 e. The molecule has 2 rings (SSSR count). The van der Waals surface area contributed by atoms with Gasteiger partial charge in [-0.05, 0) is 55.5 Å². The van der Waals surface area contributed by atoms with E-state index >= 15 is 0 Å². The zero-order valence-electron chi connectivity index (χ0n) is 15.1. The van der Waals surface area contributed by atoms with Crippen LogP contribution in [-0.2, 0) is 0 Å². The summed E-state index contributed by atoms with van der Waals surface area (Å²) in [7, 11) is 0. The number of anilines is 1. The summed E-state index contributed by atoms with van der Waals surface area (Å²) < 4.78 is 13.7. The summed E-state index contributed by atoms with van der Waals surface area (Å²) in [5.74, 6) is -0.238. The van der Waals surface area contributed by atoms with Gasteiger partial charge < -0.3 is 10.6 Å². The summed E-state index contributed by atoms with van der Waals surface area (Å²) in [5, 5.41) is 6.82. The highest BCUT2D eigenvalue weighted by Crippen LogP contribution is 2.19. The average molecular weight is 360 g/mol. The second-order valence-corrected chi connectivity index (χ2v) is 6.35. The lowest BCUT2D eigenvalue weighted by atomic mass is 10.1. The Morgan fingerprint density at radius 1 is 1.12 bits per heavy atom. The Labute approximate surface area is 155 Å². The molecule has 0 bridgehead atoms. The first-order valence-corrected chi connectivity index (χ1v) is 9.06. The molecular formula is C20H26FN3S. The van der Waals surface area contributed by atoms with Gasteiger partial charge in [0.05, 0.1) is 6.04 Å². The first kappa shape index (κ1) is 19.3. The van der Waals surface area contributed by atoms with Crippen molar-refractivity contribution in [2.75, 3.05) is 25.0 Å². The molecule has 0 radical (unpaired) electrons. The number of hydrogen-bond donors (Lipinski definition) is 2. The van der Waals surface area contributed by atoms with E-state index in [-0.39, 0.29) is 11.9 Å². The number of halogens is 1. The van der Waals surface area contributed by atoms with Crippen LogP contribution in [0.15, 0.2) is 48.5 Å². The molecule has 0 unspecified atom stereocenters. The molecule has 0 amide bonds. The van der Waals surface area contributed by atoms with E-state index in [1.54, 1.807) is 13.0 Å². The van der Waals surface area contributed by atoms with Crippen LogP contribution < -0.4 is 10.6 Å².